The Bertz CT molecular complexity index is 471. The normalized spacial score (nSPS) is 11.1. The molecule has 0 fully saturated rings. The molecule has 0 atom stereocenters. The maximum atomic E-state index is 10.9. The number of hydrogen-bond acceptors (Lipinski definition) is 6. The van der Waals surface area contributed by atoms with Crippen LogP contribution in [0, 0.1) is 10.1 Å². The summed E-state index contributed by atoms with van der Waals surface area (Å²) in [7, 11) is 2.85. The molecule has 0 heterocycles. The van der Waals surface area contributed by atoms with Gasteiger partial charge in [-0.2, -0.15) is 5.10 Å². The van der Waals surface area contributed by atoms with Crippen molar-refractivity contribution in [3.05, 3.63) is 27.8 Å². The van der Waals surface area contributed by atoms with E-state index in [0.717, 1.165) is 0 Å². The Kier molecular flexibility index (Phi) is 3.86. The predicted molar refractivity (Wildman–Crippen MR) is 62.6 cm³/mol. The van der Waals surface area contributed by atoms with Crippen LogP contribution >= 0.6 is 0 Å². The second-order valence-electron chi connectivity index (χ2n) is 3.20. The Morgan fingerprint density at radius 2 is 1.88 bits per heavy atom. The van der Waals surface area contributed by atoms with E-state index in [1.807, 2.05) is 0 Å². The number of hydrogen-bond donors (Lipinski definition) is 1. The molecule has 1 aromatic carbocycles. The monoisotopic (exact) mass is 239 g/mol. The highest BCUT2D eigenvalue weighted by Gasteiger charge is 2.21. The maximum Gasteiger partial charge on any atom is 0.282 e. The summed E-state index contributed by atoms with van der Waals surface area (Å²) >= 11 is 0. The SMILES string of the molecule is COc1cc(/C(C)=N/N)c([N+](=O)[O-])cc1OC. The van der Waals surface area contributed by atoms with Crippen molar-refractivity contribution in [3.63, 3.8) is 0 Å². The fourth-order valence-electron chi connectivity index (χ4n) is 1.38. The molecule has 0 spiro atoms. The average molecular weight is 239 g/mol. The van der Waals surface area contributed by atoms with Gasteiger partial charge in [-0.15, -0.1) is 0 Å². The quantitative estimate of drug-likeness (QED) is 0.369. The molecule has 0 saturated heterocycles. The van der Waals surface area contributed by atoms with Gasteiger partial charge in [0.15, 0.2) is 11.5 Å². The van der Waals surface area contributed by atoms with Crippen molar-refractivity contribution in [1.82, 2.24) is 0 Å². The Labute approximate surface area is 98.0 Å². The molecule has 0 bridgehead atoms. The molecule has 17 heavy (non-hydrogen) atoms. The first-order valence-corrected chi connectivity index (χ1v) is 4.70. The number of nitrogens with two attached hydrogens (primary N) is 1. The van der Waals surface area contributed by atoms with Crippen LogP contribution in [0.4, 0.5) is 5.69 Å². The number of nitro groups is 1. The van der Waals surface area contributed by atoms with E-state index in [4.69, 9.17) is 15.3 Å². The van der Waals surface area contributed by atoms with Crippen molar-refractivity contribution < 1.29 is 14.4 Å². The first kappa shape index (κ1) is 12.8. The van der Waals surface area contributed by atoms with Gasteiger partial charge in [-0.1, -0.05) is 0 Å². The molecule has 0 amide bonds. The lowest BCUT2D eigenvalue weighted by Gasteiger charge is -2.09. The second kappa shape index (κ2) is 5.15. The van der Waals surface area contributed by atoms with E-state index in [1.165, 1.54) is 26.4 Å². The van der Waals surface area contributed by atoms with E-state index < -0.39 is 4.92 Å². The minimum atomic E-state index is -0.522. The number of hydrazone groups is 1. The fraction of sp³-hybridized carbons (Fsp3) is 0.300. The molecule has 1 rings (SSSR count). The summed E-state index contributed by atoms with van der Waals surface area (Å²) < 4.78 is 10.1. The molecule has 7 nitrogen and oxygen atoms in total. The van der Waals surface area contributed by atoms with Crippen molar-refractivity contribution >= 4 is 11.4 Å². The van der Waals surface area contributed by atoms with E-state index in [-0.39, 0.29) is 11.4 Å². The largest absolute Gasteiger partial charge is 0.493 e. The number of rotatable bonds is 4. The lowest BCUT2D eigenvalue weighted by atomic mass is 10.1. The van der Waals surface area contributed by atoms with Crippen molar-refractivity contribution in [1.29, 1.82) is 0 Å². The van der Waals surface area contributed by atoms with Gasteiger partial charge in [-0.25, -0.2) is 0 Å². The molecule has 1 aromatic rings. The molecule has 0 radical (unpaired) electrons. The maximum absolute atomic E-state index is 10.9. The van der Waals surface area contributed by atoms with E-state index in [9.17, 15) is 10.1 Å². The summed E-state index contributed by atoms with van der Waals surface area (Å²) in [5.74, 6) is 5.80. The molecule has 0 unspecified atom stereocenters. The molecular formula is C10H13N3O4. The van der Waals surface area contributed by atoms with E-state index in [0.29, 0.717) is 17.0 Å². The Balaban J connectivity index is 3.51. The highest BCUT2D eigenvalue weighted by atomic mass is 16.6. The smallest absolute Gasteiger partial charge is 0.282 e. The van der Waals surface area contributed by atoms with Gasteiger partial charge in [0.05, 0.1) is 36.5 Å². The van der Waals surface area contributed by atoms with E-state index >= 15 is 0 Å². The summed E-state index contributed by atoms with van der Waals surface area (Å²) in [6.07, 6.45) is 0. The van der Waals surface area contributed by atoms with Crippen LogP contribution in [-0.4, -0.2) is 24.9 Å². The lowest BCUT2D eigenvalue weighted by molar-refractivity contribution is -0.385. The number of methoxy groups -OCH3 is 2. The topological polar surface area (TPSA) is 100.0 Å². The van der Waals surface area contributed by atoms with Crippen LogP contribution < -0.4 is 15.3 Å². The minimum Gasteiger partial charge on any atom is -0.493 e. The molecular weight excluding hydrogens is 226 g/mol. The summed E-state index contributed by atoms with van der Waals surface area (Å²) in [5, 5.41) is 14.4. The first-order chi connectivity index (χ1) is 8.04. The van der Waals surface area contributed by atoms with Gasteiger partial charge in [-0.05, 0) is 13.0 Å². The Hall–Kier alpha value is -2.31. The Morgan fingerprint density at radius 3 is 2.29 bits per heavy atom. The molecule has 0 aliphatic heterocycles. The zero-order valence-corrected chi connectivity index (χ0v) is 9.76. The third-order valence-corrected chi connectivity index (χ3v) is 2.28. The number of ether oxygens (including phenoxy) is 2. The van der Waals surface area contributed by atoms with Gasteiger partial charge in [0.25, 0.3) is 5.69 Å². The van der Waals surface area contributed by atoms with Crippen molar-refractivity contribution in [2.75, 3.05) is 14.2 Å². The third-order valence-electron chi connectivity index (χ3n) is 2.28. The summed E-state index contributed by atoms with van der Waals surface area (Å²) in [5.41, 5.74) is 0.516. The summed E-state index contributed by atoms with van der Waals surface area (Å²) in [4.78, 5) is 10.4. The predicted octanol–water partition coefficient (Wildman–Crippen LogP) is 1.29. The van der Waals surface area contributed by atoms with E-state index in [1.54, 1.807) is 6.92 Å². The van der Waals surface area contributed by atoms with Crippen molar-refractivity contribution in [2.45, 2.75) is 6.92 Å². The first-order valence-electron chi connectivity index (χ1n) is 4.70. The van der Waals surface area contributed by atoms with Crippen LogP contribution in [0.3, 0.4) is 0 Å². The Morgan fingerprint density at radius 1 is 1.35 bits per heavy atom. The number of nitro benzene ring substituents is 1. The second-order valence-corrected chi connectivity index (χ2v) is 3.20. The average Bonchev–Trinajstić information content (AvgIpc) is 2.35. The zero-order chi connectivity index (χ0) is 13.0. The van der Waals surface area contributed by atoms with Crippen LogP contribution in [0.5, 0.6) is 11.5 Å². The van der Waals surface area contributed by atoms with Crippen LogP contribution in [0.1, 0.15) is 12.5 Å². The highest BCUT2D eigenvalue weighted by Crippen LogP contribution is 2.34. The van der Waals surface area contributed by atoms with Gasteiger partial charge >= 0.3 is 0 Å². The number of nitrogens with zero attached hydrogens (tertiary/aromatic N) is 2. The zero-order valence-electron chi connectivity index (χ0n) is 9.76. The van der Waals surface area contributed by atoms with Crippen molar-refractivity contribution in [3.8, 4) is 11.5 Å². The lowest BCUT2D eigenvalue weighted by Crippen LogP contribution is -2.05. The van der Waals surface area contributed by atoms with Gasteiger partial charge in [-0.3, -0.25) is 10.1 Å². The molecule has 7 heteroatoms. The minimum absolute atomic E-state index is 0.130. The highest BCUT2D eigenvalue weighted by molar-refractivity contribution is 6.02. The molecule has 92 valence electrons. The third kappa shape index (κ3) is 2.44. The van der Waals surface area contributed by atoms with Crippen LogP contribution in [0.25, 0.3) is 0 Å². The molecule has 0 aromatic heterocycles. The molecule has 0 aliphatic rings. The van der Waals surface area contributed by atoms with Crippen LogP contribution in [0.2, 0.25) is 0 Å². The van der Waals surface area contributed by atoms with Gasteiger partial charge in [0, 0.05) is 0 Å². The van der Waals surface area contributed by atoms with Gasteiger partial charge in [0.1, 0.15) is 0 Å². The molecule has 0 saturated carbocycles. The van der Waals surface area contributed by atoms with E-state index in [2.05, 4.69) is 5.10 Å². The van der Waals surface area contributed by atoms with Crippen LogP contribution in [0.15, 0.2) is 17.2 Å². The number of benzene rings is 1. The summed E-state index contributed by atoms with van der Waals surface area (Å²) in [6.45, 7) is 1.58. The fourth-order valence-corrected chi connectivity index (χ4v) is 1.38. The molecule has 2 N–H and O–H groups in total. The van der Waals surface area contributed by atoms with Gasteiger partial charge < -0.3 is 15.3 Å². The van der Waals surface area contributed by atoms with Crippen LogP contribution in [-0.2, 0) is 0 Å². The standard InChI is InChI=1S/C10H13N3O4/c1-6(12-11)7-4-9(16-2)10(17-3)5-8(7)13(14)15/h4-5H,11H2,1-3H3/b12-6+. The summed E-state index contributed by atoms with van der Waals surface area (Å²) in [6, 6.07) is 2.76. The van der Waals surface area contributed by atoms with Crippen molar-refractivity contribution in [2.24, 2.45) is 10.9 Å². The molecule has 0 aliphatic carbocycles. The van der Waals surface area contributed by atoms with Gasteiger partial charge in [0.2, 0.25) is 0 Å².